The average molecular weight is 275 g/mol. The van der Waals surface area contributed by atoms with Gasteiger partial charge in [0.05, 0.1) is 10.5 Å². The van der Waals surface area contributed by atoms with Crippen molar-refractivity contribution < 1.29 is 19.2 Å². The predicted octanol–water partition coefficient (Wildman–Crippen LogP) is 3.41. The van der Waals surface area contributed by atoms with Crippen LogP contribution in [0.15, 0.2) is 36.4 Å². The monoisotopic (exact) mass is 275 g/mol. The Kier molecular flexibility index (Phi) is 3.47. The second-order valence-electron chi connectivity index (χ2n) is 4.31. The van der Waals surface area contributed by atoms with Crippen molar-refractivity contribution in [1.82, 2.24) is 0 Å². The van der Waals surface area contributed by atoms with Gasteiger partial charge in [0, 0.05) is 17.7 Å². The van der Waals surface area contributed by atoms with Crippen molar-refractivity contribution in [3.05, 3.63) is 63.5 Å². The summed E-state index contributed by atoms with van der Waals surface area (Å²) in [6, 6.07) is 7.63. The van der Waals surface area contributed by atoms with Crippen LogP contribution in [0.25, 0.3) is 11.1 Å². The number of carboxylic acids is 1. The highest BCUT2D eigenvalue weighted by atomic mass is 19.1. The van der Waals surface area contributed by atoms with Crippen molar-refractivity contribution in [1.29, 1.82) is 0 Å². The minimum atomic E-state index is -1.30. The van der Waals surface area contributed by atoms with Gasteiger partial charge in [-0.05, 0) is 30.7 Å². The number of hydrogen-bond acceptors (Lipinski definition) is 3. The molecule has 0 radical (unpaired) electrons. The molecule has 0 aromatic heterocycles. The normalized spacial score (nSPS) is 10.3. The maximum absolute atomic E-state index is 13.8. The van der Waals surface area contributed by atoms with Crippen LogP contribution in [-0.4, -0.2) is 16.0 Å². The second-order valence-corrected chi connectivity index (χ2v) is 4.31. The van der Waals surface area contributed by atoms with Crippen LogP contribution in [0.5, 0.6) is 0 Å². The largest absolute Gasteiger partial charge is 0.478 e. The lowest BCUT2D eigenvalue weighted by Gasteiger charge is -2.06. The molecule has 6 heteroatoms. The van der Waals surface area contributed by atoms with Crippen LogP contribution in [0.2, 0.25) is 0 Å². The van der Waals surface area contributed by atoms with E-state index in [2.05, 4.69) is 0 Å². The lowest BCUT2D eigenvalue weighted by atomic mass is 10.00. The topological polar surface area (TPSA) is 80.4 Å². The van der Waals surface area contributed by atoms with E-state index in [0.29, 0.717) is 0 Å². The van der Waals surface area contributed by atoms with Crippen LogP contribution in [0.1, 0.15) is 15.9 Å². The van der Waals surface area contributed by atoms with Gasteiger partial charge in [-0.15, -0.1) is 0 Å². The first-order chi connectivity index (χ1) is 9.38. The second kappa shape index (κ2) is 5.08. The molecule has 2 rings (SSSR count). The molecule has 0 unspecified atom stereocenters. The van der Waals surface area contributed by atoms with Gasteiger partial charge in [0.1, 0.15) is 5.82 Å². The predicted molar refractivity (Wildman–Crippen MR) is 70.2 cm³/mol. The number of benzene rings is 2. The van der Waals surface area contributed by atoms with Gasteiger partial charge < -0.3 is 5.11 Å². The first-order valence-electron chi connectivity index (χ1n) is 5.68. The number of rotatable bonds is 3. The Morgan fingerprint density at radius 3 is 2.55 bits per heavy atom. The van der Waals surface area contributed by atoms with Gasteiger partial charge in [0.2, 0.25) is 0 Å². The van der Waals surface area contributed by atoms with Crippen molar-refractivity contribution in [3.63, 3.8) is 0 Å². The molecule has 2 aromatic rings. The van der Waals surface area contributed by atoms with E-state index in [1.54, 1.807) is 13.0 Å². The molecule has 2 aromatic carbocycles. The lowest BCUT2D eigenvalue weighted by molar-refractivity contribution is -0.384. The Hall–Kier alpha value is -2.76. The highest BCUT2D eigenvalue weighted by molar-refractivity contribution is 5.90. The molecule has 1 N–H and O–H groups in total. The summed E-state index contributed by atoms with van der Waals surface area (Å²) < 4.78 is 13.8. The number of nitro groups is 1. The lowest BCUT2D eigenvalue weighted by Crippen LogP contribution is -1.99. The first kappa shape index (κ1) is 13.7. The number of carboxylic acid groups (broad SMARTS) is 1. The van der Waals surface area contributed by atoms with Crippen LogP contribution < -0.4 is 0 Å². The third-order valence-electron chi connectivity index (χ3n) is 2.81. The molecule has 0 atom stereocenters. The fraction of sp³-hybridized carbons (Fsp3) is 0.0714. The van der Waals surface area contributed by atoms with Crippen molar-refractivity contribution in [2.24, 2.45) is 0 Å². The Morgan fingerprint density at radius 1 is 1.25 bits per heavy atom. The molecule has 0 aliphatic rings. The van der Waals surface area contributed by atoms with Gasteiger partial charge in [0.25, 0.3) is 5.69 Å². The van der Waals surface area contributed by atoms with E-state index in [-0.39, 0.29) is 22.4 Å². The summed E-state index contributed by atoms with van der Waals surface area (Å²) in [6.45, 7) is 1.75. The summed E-state index contributed by atoms with van der Waals surface area (Å²) in [6.07, 6.45) is 0. The zero-order valence-electron chi connectivity index (χ0n) is 10.5. The van der Waals surface area contributed by atoms with Gasteiger partial charge in [0.15, 0.2) is 0 Å². The molecular formula is C14H10FNO4. The zero-order chi connectivity index (χ0) is 14.9. The average Bonchev–Trinajstić information content (AvgIpc) is 2.40. The molecule has 0 saturated heterocycles. The Balaban J connectivity index is 2.69. The van der Waals surface area contributed by atoms with Crippen molar-refractivity contribution in [3.8, 4) is 11.1 Å². The molecule has 0 fully saturated rings. The van der Waals surface area contributed by atoms with Gasteiger partial charge in [-0.3, -0.25) is 10.1 Å². The summed E-state index contributed by atoms with van der Waals surface area (Å²) >= 11 is 0. The zero-order valence-corrected chi connectivity index (χ0v) is 10.5. The van der Waals surface area contributed by atoms with E-state index in [0.717, 1.165) is 17.7 Å². The van der Waals surface area contributed by atoms with E-state index in [1.807, 2.05) is 0 Å². The summed E-state index contributed by atoms with van der Waals surface area (Å²) in [4.78, 5) is 21.1. The quantitative estimate of drug-likeness (QED) is 0.687. The summed E-state index contributed by atoms with van der Waals surface area (Å²) in [5.74, 6) is -1.87. The summed E-state index contributed by atoms with van der Waals surface area (Å²) in [5.41, 5.74) is 0.426. The van der Waals surface area contributed by atoms with E-state index >= 15 is 0 Å². The van der Waals surface area contributed by atoms with Gasteiger partial charge in [-0.25, -0.2) is 9.18 Å². The summed E-state index contributed by atoms with van der Waals surface area (Å²) in [7, 11) is 0. The van der Waals surface area contributed by atoms with Crippen LogP contribution >= 0.6 is 0 Å². The Bertz CT molecular complexity index is 680. The van der Waals surface area contributed by atoms with Crippen LogP contribution in [0.3, 0.4) is 0 Å². The van der Waals surface area contributed by atoms with Crippen molar-refractivity contribution in [2.45, 2.75) is 6.92 Å². The standard InChI is InChI=1S/C14H10FNO4/c1-8-2-3-13(15)12(4-8)9-5-10(14(17)18)7-11(6-9)16(19)20/h2-7H,1H3,(H,17,18). The third kappa shape index (κ3) is 2.64. The number of halogens is 1. The number of nitro benzene ring substituents is 1. The molecule has 0 spiro atoms. The molecule has 0 aliphatic heterocycles. The number of aromatic carboxylic acids is 1. The minimum absolute atomic E-state index is 0.135. The van der Waals surface area contributed by atoms with Gasteiger partial charge in [-0.2, -0.15) is 0 Å². The van der Waals surface area contributed by atoms with Crippen molar-refractivity contribution >= 4 is 11.7 Å². The smallest absolute Gasteiger partial charge is 0.335 e. The van der Waals surface area contributed by atoms with Gasteiger partial charge >= 0.3 is 5.97 Å². The SMILES string of the molecule is Cc1ccc(F)c(-c2cc(C(=O)O)cc([N+](=O)[O-])c2)c1. The molecule has 0 amide bonds. The maximum atomic E-state index is 13.8. The number of non-ortho nitro benzene ring substituents is 1. The number of aryl methyl sites for hydroxylation is 1. The highest BCUT2D eigenvalue weighted by Gasteiger charge is 2.16. The molecular weight excluding hydrogens is 265 g/mol. The highest BCUT2D eigenvalue weighted by Crippen LogP contribution is 2.29. The van der Waals surface area contributed by atoms with E-state index < -0.39 is 16.7 Å². The third-order valence-corrected chi connectivity index (χ3v) is 2.81. The Morgan fingerprint density at radius 2 is 1.95 bits per heavy atom. The van der Waals surface area contributed by atoms with E-state index in [9.17, 15) is 19.3 Å². The molecule has 20 heavy (non-hydrogen) atoms. The number of hydrogen-bond donors (Lipinski definition) is 1. The maximum Gasteiger partial charge on any atom is 0.335 e. The molecule has 0 heterocycles. The van der Waals surface area contributed by atoms with E-state index in [1.165, 1.54) is 18.2 Å². The van der Waals surface area contributed by atoms with Crippen LogP contribution in [-0.2, 0) is 0 Å². The molecule has 5 nitrogen and oxygen atoms in total. The van der Waals surface area contributed by atoms with Crippen LogP contribution in [0.4, 0.5) is 10.1 Å². The molecule has 0 aliphatic carbocycles. The summed E-state index contributed by atoms with van der Waals surface area (Å²) in [5, 5.41) is 19.8. The Labute approximate surface area is 113 Å². The van der Waals surface area contributed by atoms with E-state index in [4.69, 9.17) is 5.11 Å². The number of nitrogens with zero attached hydrogens (tertiary/aromatic N) is 1. The first-order valence-corrected chi connectivity index (χ1v) is 5.68. The molecule has 0 bridgehead atoms. The fourth-order valence-electron chi connectivity index (χ4n) is 1.86. The van der Waals surface area contributed by atoms with Crippen LogP contribution in [0, 0.1) is 22.9 Å². The molecule has 102 valence electrons. The molecule has 0 saturated carbocycles. The number of carbonyl (C=O) groups is 1. The van der Waals surface area contributed by atoms with Crippen molar-refractivity contribution in [2.75, 3.05) is 0 Å². The fourth-order valence-corrected chi connectivity index (χ4v) is 1.86. The minimum Gasteiger partial charge on any atom is -0.478 e. The van der Waals surface area contributed by atoms with Gasteiger partial charge in [-0.1, -0.05) is 11.6 Å².